The van der Waals surface area contributed by atoms with Gasteiger partial charge in [-0.2, -0.15) is 0 Å². The Morgan fingerprint density at radius 3 is 1.94 bits per heavy atom. The first-order valence-electron chi connectivity index (χ1n) is 19.3. The molecule has 2 aliphatic rings. The molecule has 0 bridgehead atoms. The summed E-state index contributed by atoms with van der Waals surface area (Å²) in [7, 11) is 0. The first-order chi connectivity index (χ1) is 25.9. The van der Waals surface area contributed by atoms with Crippen molar-refractivity contribution in [2.45, 2.75) is 64.7 Å². The third-order valence-corrected chi connectivity index (χ3v) is 13.6. The van der Waals surface area contributed by atoms with Crippen LogP contribution in [0.3, 0.4) is 0 Å². The van der Waals surface area contributed by atoms with Crippen LogP contribution in [0.5, 0.6) is 0 Å². The van der Waals surface area contributed by atoms with Crippen molar-refractivity contribution in [2.24, 2.45) is 0 Å². The minimum absolute atomic E-state index is 0.0781. The van der Waals surface area contributed by atoms with E-state index in [9.17, 15) is 0 Å². The van der Waals surface area contributed by atoms with Crippen molar-refractivity contribution in [1.29, 1.82) is 0 Å². The number of nitrogens with zero attached hydrogens (tertiary/aromatic N) is 1. The average molecular weight is 716 g/mol. The lowest BCUT2D eigenvalue weighted by Gasteiger charge is -2.33. The second-order valence-electron chi connectivity index (χ2n) is 17.4. The zero-order chi connectivity index (χ0) is 37.1. The van der Waals surface area contributed by atoms with Gasteiger partial charge in [0.25, 0.3) is 0 Å². The van der Waals surface area contributed by atoms with E-state index in [0.717, 1.165) is 0 Å². The molecule has 2 aliphatic carbocycles. The number of para-hydroxylation sites is 1. The monoisotopic (exact) mass is 715 g/mol. The minimum atomic E-state index is -0.181. The van der Waals surface area contributed by atoms with E-state index in [4.69, 9.17) is 0 Å². The quantitative estimate of drug-likeness (QED) is 0.175. The van der Waals surface area contributed by atoms with Crippen LogP contribution in [0.1, 0.15) is 76.3 Å². The standard InChI is InChI=1S/C52H45NS/c1-50(2,3)32-26-28-40-43(30-32)51(4,5)42-22-14-19-38(48(40)42)35-17-9-12-23-44(35)53(33-27-29-37-36-18-10-13-25-46(36)54-47(37)31-33)45-24-15-20-39-34-16-8-11-21-41(34)52(6,7)49(39)45/h8-31H,1-7H3. The molecule has 0 saturated heterocycles. The van der Waals surface area contributed by atoms with Gasteiger partial charge < -0.3 is 4.90 Å². The summed E-state index contributed by atoms with van der Waals surface area (Å²) in [5.41, 5.74) is 18.2. The van der Waals surface area contributed by atoms with Gasteiger partial charge in [0.1, 0.15) is 0 Å². The summed E-state index contributed by atoms with van der Waals surface area (Å²) in [4.78, 5) is 2.56. The van der Waals surface area contributed by atoms with Crippen LogP contribution in [0.25, 0.3) is 53.6 Å². The van der Waals surface area contributed by atoms with E-state index in [1.165, 1.54) is 98.4 Å². The molecule has 7 aromatic carbocycles. The van der Waals surface area contributed by atoms with Crippen molar-refractivity contribution in [2.75, 3.05) is 4.90 Å². The Hall–Kier alpha value is -5.44. The van der Waals surface area contributed by atoms with Crippen LogP contribution in [-0.4, -0.2) is 0 Å². The molecular formula is C52H45NS. The van der Waals surface area contributed by atoms with E-state index in [1.54, 1.807) is 0 Å². The van der Waals surface area contributed by atoms with E-state index in [2.05, 4.69) is 199 Å². The van der Waals surface area contributed by atoms with E-state index in [-0.39, 0.29) is 16.2 Å². The molecule has 0 spiro atoms. The summed E-state index contributed by atoms with van der Waals surface area (Å²) < 4.78 is 2.63. The zero-order valence-electron chi connectivity index (χ0n) is 32.2. The minimum Gasteiger partial charge on any atom is -0.309 e. The highest BCUT2D eigenvalue weighted by Gasteiger charge is 2.40. The van der Waals surface area contributed by atoms with Crippen LogP contribution < -0.4 is 4.90 Å². The van der Waals surface area contributed by atoms with Gasteiger partial charge in [0.2, 0.25) is 0 Å². The Kier molecular flexibility index (Phi) is 7.08. The molecule has 1 aromatic heterocycles. The molecule has 8 aromatic rings. The van der Waals surface area contributed by atoms with Crippen LogP contribution >= 0.6 is 11.3 Å². The van der Waals surface area contributed by atoms with Gasteiger partial charge in [-0.05, 0) is 91.4 Å². The first-order valence-corrected chi connectivity index (χ1v) is 20.1. The molecule has 0 amide bonds. The molecule has 0 aliphatic heterocycles. The van der Waals surface area contributed by atoms with Crippen LogP contribution in [0.2, 0.25) is 0 Å². The molecule has 54 heavy (non-hydrogen) atoms. The molecule has 10 rings (SSSR count). The third-order valence-electron chi connectivity index (χ3n) is 12.4. The summed E-state index contributed by atoms with van der Waals surface area (Å²) >= 11 is 1.88. The van der Waals surface area contributed by atoms with Gasteiger partial charge in [0, 0.05) is 42.3 Å². The predicted octanol–water partition coefficient (Wildman–Crippen LogP) is 15.1. The van der Waals surface area contributed by atoms with Crippen molar-refractivity contribution >= 4 is 48.6 Å². The van der Waals surface area contributed by atoms with Gasteiger partial charge in [-0.1, -0.05) is 164 Å². The molecule has 0 unspecified atom stereocenters. The van der Waals surface area contributed by atoms with Gasteiger partial charge in [0.15, 0.2) is 0 Å². The normalized spacial score (nSPS) is 14.9. The van der Waals surface area contributed by atoms with Crippen molar-refractivity contribution < 1.29 is 0 Å². The second kappa shape index (κ2) is 11.5. The number of rotatable bonds is 4. The maximum atomic E-state index is 2.56. The van der Waals surface area contributed by atoms with Crippen molar-refractivity contribution in [3.05, 3.63) is 173 Å². The molecule has 1 heterocycles. The van der Waals surface area contributed by atoms with Crippen LogP contribution in [0.4, 0.5) is 17.1 Å². The van der Waals surface area contributed by atoms with E-state index < -0.39 is 0 Å². The van der Waals surface area contributed by atoms with Gasteiger partial charge in [-0.3, -0.25) is 0 Å². The summed E-state index contributed by atoms with van der Waals surface area (Å²) in [6.45, 7) is 16.5. The predicted molar refractivity (Wildman–Crippen MR) is 233 cm³/mol. The number of hydrogen-bond acceptors (Lipinski definition) is 2. The summed E-state index contributed by atoms with van der Waals surface area (Å²) in [5.74, 6) is 0. The highest BCUT2D eigenvalue weighted by atomic mass is 32.1. The van der Waals surface area contributed by atoms with Gasteiger partial charge in [0.05, 0.1) is 11.4 Å². The third kappa shape index (κ3) is 4.69. The topological polar surface area (TPSA) is 3.24 Å². The fourth-order valence-electron chi connectivity index (χ4n) is 9.64. The highest BCUT2D eigenvalue weighted by molar-refractivity contribution is 7.25. The molecule has 0 fully saturated rings. The molecule has 0 N–H and O–H groups in total. The molecule has 2 heteroatoms. The lowest BCUT2D eigenvalue weighted by Crippen LogP contribution is -2.21. The second-order valence-corrected chi connectivity index (χ2v) is 18.4. The van der Waals surface area contributed by atoms with Gasteiger partial charge in [-0.25, -0.2) is 0 Å². The van der Waals surface area contributed by atoms with E-state index in [1.807, 2.05) is 11.3 Å². The van der Waals surface area contributed by atoms with Gasteiger partial charge in [-0.15, -0.1) is 11.3 Å². The molecule has 0 atom stereocenters. The Labute approximate surface area is 323 Å². The maximum absolute atomic E-state index is 2.56. The summed E-state index contributed by atoms with van der Waals surface area (Å²) in [6.07, 6.45) is 0. The Bertz CT molecular complexity index is 2820. The molecule has 0 radical (unpaired) electrons. The van der Waals surface area contributed by atoms with Crippen molar-refractivity contribution in [1.82, 2.24) is 0 Å². The Balaban J connectivity index is 1.25. The number of hydrogen-bond donors (Lipinski definition) is 0. The van der Waals surface area contributed by atoms with Gasteiger partial charge >= 0.3 is 0 Å². The lowest BCUT2D eigenvalue weighted by atomic mass is 9.79. The lowest BCUT2D eigenvalue weighted by molar-refractivity contribution is 0.584. The first kappa shape index (κ1) is 33.2. The maximum Gasteiger partial charge on any atom is 0.0540 e. The Morgan fingerprint density at radius 1 is 0.463 bits per heavy atom. The fourth-order valence-corrected chi connectivity index (χ4v) is 10.8. The van der Waals surface area contributed by atoms with Crippen LogP contribution in [0.15, 0.2) is 146 Å². The van der Waals surface area contributed by atoms with Crippen molar-refractivity contribution in [3.63, 3.8) is 0 Å². The molecule has 264 valence electrons. The zero-order valence-corrected chi connectivity index (χ0v) is 33.0. The van der Waals surface area contributed by atoms with Crippen LogP contribution in [-0.2, 0) is 16.2 Å². The SMILES string of the molecule is CC(C)(C)c1ccc2c(c1)C(C)(C)c1cccc(-c3ccccc3N(c3ccc4c(c3)sc3ccccc34)c3cccc4c3C(C)(C)c3ccccc3-4)c1-2. The summed E-state index contributed by atoms with van der Waals surface area (Å²) in [5, 5.41) is 2.64. The molecule has 0 saturated carbocycles. The molecule has 1 nitrogen and oxygen atoms in total. The highest BCUT2D eigenvalue weighted by Crippen LogP contribution is 2.57. The number of fused-ring (bicyclic) bond motifs is 9. The summed E-state index contributed by atoms with van der Waals surface area (Å²) in [6, 6.07) is 55.1. The smallest absolute Gasteiger partial charge is 0.0540 e. The Morgan fingerprint density at radius 2 is 1.11 bits per heavy atom. The number of anilines is 3. The van der Waals surface area contributed by atoms with Crippen molar-refractivity contribution in [3.8, 4) is 33.4 Å². The largest absolute Gasteiger partial charge is 0.309 e. The van der Waals surface area contributed by atoms with E-state index >= 15 is 0 Å². The number of benzene rings is 7. The average Bonchev–Trinajstić information content (AvgIpc) is 3.74. The fraction of sp³-hybridized carbons (Fsp3) is 0.192. The molecular weight excluding hydrogens is 671 g/mol. The van der Waals surface area contributed by atoms with E-state index in [0.29, 0.717) is 0 Å². The number of thiophene rings is 1. The van der Waals surface area contributed by atoms with Crippen LogP contribution in [0, 0.1) is 0 Å².